The molecule has 1 fully saturated rings. The van der Waals surface area contributed by atoms with Crippen molar-refractivity contribution in [2.45, 2.75) is 64.2 Å². The smallest absolute Gasteiger partial charge is 0.194 e. The van der Waals surface area contributed by atoms with Crippen LogP contribution in [-0.4, -0.2) is 0 Å². The Labute approximate surface area is 171 Å². The highest BCUT2D eigenvalue weighted by Gasteiger charge is 2.34. The largest absolute Gasteiger partial charge is 0.204 e. The Hall–Kier alpha value is -2.21. The van der Waals surface area contributed by atoms with E-state index < -0.39 is 17.5 Å². The van der Waals surface area contributed by atoms with Gasteiger partial charge in [-0.2, -0.15) is 0 Å². The highest BCUT2D eigenvalue weighted by molar-refractivity contribution is 5.47. The van der Waals surface area contributed by atoms with E-state index in [9.17, 15) is 13.2 Å². The van der Waals surface area contributed by atoms with Gasteiger partial charge >= 0.3 is 0 Å². The lowest BCUT2D eigenvalue weighted by molar-refractivity contribution is 0.200. The number of fused-ring (bicyclic) bond motifs is 3. The molecule has 0 bridgehead atoms. The van der Waals surface area contributed by atoms with Crippen LogP contribution in [0.2, 0.25) is 0 Å². The molecule has 0 aromatic heterocycles. The number of benzene rings is 2. The quantitative estimate of drug-likeness (QED) is 0.382. The molecule has 2 aromatic rings. The summed E-state index contributed by atoms with van der Waals surface area (Å²) in [5.41, 5.74) is 3.81. The number of unbranched alkanes of at least 4 members (excludes halogenated alkanes) is 1. The van der Waals surface area contributed by atoms with E-state index in [0.717, 1.165) is 36.0 Å². The molecule has 0 saturated heterocycles. The SMILES string of the molecule is CCCC[C@@H]1CC[C@@H]2c3ccc(C#Cc4cc(F)c(F)c(F)c4)cc3CC[C@@H]2C1. The van der Waals surface area contributed by atoms with Gasteiger partial charge in [0.05, 0.1) is 0 Å². The molecule has 0 nitrogen and oxygen atoms in total. The highest BCUT2D eigenvalue weighted by atomic mass is 19.2. The lowest BCUT2D eigenvalue weighted by Gasteiger charge is -2.40. The van der Waals surface area contributed by atoms with E-state index in [1.54, 1.807) is 0 Å². The summed E-state index contributed by atoms with van der Waals surface area (Å²) in [6.45, 7) is 2.27. The summed E-state index contributed by atoms with van der Waals surface area (Å²) in [7, 11) is 0. The Bertz CT molecular complexity index is 927. The van der Waals surface area contributed by atoms with Gasteiger partial charge in [-0.1, -0.05) is 44.1 Å². The predicted molar refractivity (Wildman–Crippen MR) is 110 cm³/mol. The molecule has 4 rings (SSSR count). The number of halogens is 3. The first-order chi connectivity index (χ1) is 14.0. The van der Waals surface area contributed by atoms with E-state index in [1.807, 2.05) is 6.07 Å². The maximum Gasteiger partial charge on any atom is 0.194 e. The third kappa shape index (κ3) is 4.37. The maximum atomic E-state index is 13.4. The van der Waals surface area contributed by atoms with Crippen LogP contribution in [0.4, 0.5) is 13.2 Å². The zero-order valence-corrected chi connectivity index (χ0v) is 16.9. The maximum absolute atomic E-state index is 13.4. The molecule has 0 aliphatic heterocycles. The van der Waals surface area contributed by atoms with Crippen LogP contribution in [0.1, 0.15) is 80.0 Å². The fourth-order valence-electron chi connectivity index (χ4n) is 5.22. The molecule has 2 aromatic carbocycles. The Balaban J connectivity index is 1.50. The van der Waals surface area contributed by atoms with Gasteiger partial charge in [0.15, 0.2) is 17.5 Å². The number of rotatable bonds is 3. The lowest BCUT2D eigenvalue weighted by atomic mass is 9.64. The molecule has 0 spiro atoms. The number of hydrogen-bond acceptors (Lipinski definition) is 0. The summed E-state index contributed by atoms with van der Waals surface area (Å²) < 4.78 is 39.8. The molecule has 2 aliphatic rings. The van der Waals surface area contributed by atoms with E-state index in [1.165, 1.54) is 56.1 Å². The van der Waals surface area contributed by atoms with Gasteiger partial charge in [-0.05, 0) is 85.3 Å². The van der Waals surface area contributed by atoms with Crippen molar-refractivity contribution >= 4 is 0 Å². The minimum atomic E-state index is -1.46. The van der Waals surface area contributed by atoms with Gasteiger partial charge in [-0.3, -0.25) is 0 Å². The fourth-order valence-corrected chi connectivity index (χ4v) is 5.22. The first-order valence-electron chi connectivity index (χ1n) is 10.8. The van der Waals surface area contributed by atoms with Crippen molar-refractivity contribution in [3.05, 3.63) is 70.0 Å². The molecule has 0 heterocycles. The van der Waals surface area contributed by atoms with Crippen LogP contribution in [0.15, 0.2) is 30.3 Å². The van der Waals surface area contributed by atoms with Crippen molar-refractivity contribution in [2.75, 3.05) is 0 Å². The monoisotopic (exact) mass is 396 g/mol. The molecular formula is C26H27F3. The summed E-state index contributed by atoms with van der Waals surface area (Å²) in [4.78, 5) is 0. The third-order valence-corrected chi connectivity index (χ3v) is 6.72. The molecule has 0 N–H and O–H groups in total. The topological polar surface area (TPSA) is 0 Å². The van der Waals surface area contributed by atoms with Crippen LogP contribution in [0.3, 0.4) is 0 Å². The van der Waals surface area contributed by atoms with Crippen LogP contribution in [-0.2, 0) is 6.42 Å². The molecule has 3 heteroatoms. The van der Waals surface area contributed by atoms with Crippen LogP contribution in [0.5, 0.6) is 0 Å². The second-order valence-electron chi connectivity index (χ2n) is 8.64. The molecule has 152 valence electrons. The summed E-state index contributed by atoms with van der Waals surface area (Å²) >= 11 is 0. The molecule has 0 amide bonds. The van der Waals surface area contributed by atoms with Gasteiger partial charge in [-0.15, -0.1) is 0 Å². The Kier molecular flexibility index (Phi) is 5.99. The standard InChI is InChI=1S/C26H27F3/c1-2-3-4-17-7-11-22-20(13-17)9-10-21-14-18(8-12-23(21)22)5-6-19-15-24(27)26(29)25(28)16-19/h8,12,14-17,20,22H,2-4,7,9-11,13H2,1H3/t17-,20-,22+/m1/s1. The summed E-state index contributed by atoms with van der Waals surface area (Å²) in [6.07, 6.45) is 10.3. The second kappa shape index (κ2) is 8.66. The Morgan fingerprint density at radius 2 is 1.69 bits per heavy atom. The van der Waals surface area contributed by atoms with Crippen LogP contribution in [0, 0.1) is 41.1 Å². The summed E-state index contributed by atoms with van der Waals surface area (Å²) in [6, 6.07) is 8.21. The highest BCUT2D eigenvalue weighted by Crippen LogP contribution is 2.47. The van der Waals surface area contributed by atoms with Gasteiger partial charge in [0, 0.05) is 11.1 Å². The van der Waals surface area contributed by atoms with E-state index in [2.05, 4.69) is 30.9 Å². The van der Waals surface area contributed by atoms with Crippen LogP contribution < -0.4 is 0 Å². The van der Waals surface area contributed by atoms with Gasteiger partial charge in [0.1, 0.15) is 0 Å². The van der Waals surface area contributed by atoms with Crippen molar-refractivity contribution in [1.82, 2.24) is 0 Å². The lowest BCUT2D eigenvalue weighted by Crippen LogP contribution is -2.28. The average molecular weight is 396 g/mol. The van der Waals surface area contributed by atoms with Crippen molar-refractivity contribution in [3.63, 3.8) is 0 Å². The van der Waals surface area contributed by atoms with E-state index in [0.29, 0.717) is 5.92 Å². The van der Waals surface area contributed by atoms with E-state index in [4.69, 9.17) is 0 Å². The predicted octanol–water partition coefficient (Wildman–Crippen LogP) is 7.14. The molecule has 1 saturated carbocycles. The Morgan fingerprint density at radius 3 is 2.45 bits per heavy atom. The normalized spacial score (nSPS) is 23.0. The number of hydrogen-bond donors (Lipinski definition) is 0. The first kappa shape index (κ1) is 20.1. The molecule has 0 unspecified atom stereocenters. The fraction of sp³-hybridized carbons (Fsp3) is 0.462. The second-order valence-corrected chi connectivity index (χ2v) is 8.64. The summed E-state index contributed by atoms with van der Waals surface area (Å²) in [5, 5.41) is 0. The first-order valence-corrected chi connectivity index (χ1v) is 10.8. The molecular weight excluding hydrogens is 369 g/mol. The van der Waals surface area contributed by atoms with Crippen LogP contribution >= 0.6 is 0 Å². The van der Waals surface area contributed by atoms with Crippen molar-refractivity contribution < 1.29 is 13.2 Å². The van der Waals surface area contributed by atoms with E-state index in [-0.39, 0.29) is 5.56 Å². The zero-order chi connectivity index (χ0) is 20.4. The van der Waals surface area contributed by atoms with Gasteiger partial charge < -0.3 is 0 Å². The average Bonchev–Trinajstić information content (AvgIpc) is 2.73. The van der Waals surface area contributed by atoms with E-state index >= 15 is 0 Å². The molecule has 29 heavy (non-hydrogen) atoms. The van der Waals surface area contributed by atoms with Crippen molar-refractivity contribution in [3.8, 4) is 11.8 Å². The van der Waals surface area contributed by atoms with Crippen molar-refractivity contribution in [2.24, 2.45) is 11.8 Å². The van der Waals surface area contributed by atoms with Gasteiger partial charge in [0.25, 0.3) is 0 Å². The van der Waals surface area contributed by atoms with Crippen molar-refractivity contribution in [1.29, 1.82) is 0 Å². The Morgan fingerprint density at radius 1 is 0.931 bits per heavy atom. The number of aryl methyl sites for hydroxylation is 1. The minimum Gasteiger partial charge on any atom is -0.204 e. The van der Waals surface area contributed by atoms with Gasteiger partial charge in [0.2, 0.25) is 0 Å². The molecule has 0 radical (unpaired) electrons. The molecule has 2 aliphatic carbocycles. The molecule has 3 atom stereocenters. The van der Waals surface area contributed by atoms with Crippen LogP contribution in [0.25, 0.3) is 0 Å². The minimum absolute atomic E-state index is 0.143. The van der Waals surface area contributed by atoms with Gasteiger partial charge in [-0.25, -0.2) is 13.2 Å². The zero-order valence-electron chi connectivity index (χ0n) is 16.9. The summed E-state index contributed by atoms with van der Waals surface area (Å²) in [5.74, 6) is 4.25. The third-order valence-electron chi connectivity index (χ3n) is 6.72.